The first-order chi connectivity index (χ1) is 6.31. The summed E-state index contributed by atoms with van der Waals surface area (Å²) < 4.78 is 0. The van der Waals surface area contributed by atoms with Crippen molar-refractivity contribution in [3.05, 3.63) is 28.8 Å². The molecule has 0 saturated heterocycles. The molecule has 2 heteroatoms. The van der Waals surface area contributed by atoms with Gasteiger partial charge in [0, 0.05) is 5.56 Å². The van der Waals surface area contributed by atoms with E-state index in [-0.39, 0.29) is 12.4 Å². The number of aryl methyl sites for hydroxylation is 2. The number of hydrogen-bond donors (Lipinski definition) is 2. The maximum Gasteiger partial charge on any atom is 0.121 e. The van der Waals surface area contributed by atoms with Crippen LogP contribution in [0.15, 0.2) is 12.1 Å². The molecule has 0 heterocycles. The number of hydrogen-bond acceptors (Lipinski definition) is 2. The van der Waals surface area contributed by atoms with E-state index in [1.54, 1.807) is 6.07 Å². The molecule has 1 aliphatic carbocycles. The predicted molar refractivity (Wildman–Crippen MR) is 50.7 cm³/mol. The van der Waals surface area contributed by atoms with Crippen molar-refractivity contribution in [2.24, 2.45) is 0 Å². The third-order valence-corrected chi connectivity index (χ3v) is 2.71. The van der Waals surface area contributed by atoms with Gasteiger partial charge in [-0.05, 0) is 48.9 Å². The molecule has 0 saturated carbocycles. The summed E-state index contributed by atoms with van der Waals surface area (Å²) in [6.07, 6.45) is 4.59. The van der Waals surface area contributed by atoms with Gasteiger partial charge in [0.2, 0.25) is 0 Å². The lowest BCUT2D eigenvalue weighted by molar-refractivity contribution is 0.275. The normalized spacial score (nSPS) is 15.5. The number of aromatic hydroxyl groups is 1. The Bertz CT molecular complexity index is 318. The van der Waals surface area contributed by atoms with Crippen molar-refractivity contribution in [2.75, 3.05) is 0 Å². The molecule has 0 atom stereocenters. The lowest BCUT2D eigenvalue weighted by atomic mass is 9.90. The van der Waals surface area contributed by atoms with E-state index < -0.39 is 0 Å². The Hall–Kier alpha value is -1.02. The van der Waals surface area contributed by atoms with E-state index in [2.05, 4.69) is 0 Å². The van der Waals surface area contributed by atoms with Crippen LogP contribution in [0, 0.1) is 0 Å². The molecule has 0 unspecified atom stereocenters. The van der Waals surface area contributed by atoms with E-state index in [9.17, 15) is 5.11 Å². The van der Waals surface area contributed by atoms with Crippen LogP contribution in [0.4, 0.5) is 0 Å². The second-order valence-corrected chi connectivity index (χ2v) is 3.61. The molecule has 0 aromatic heterocycles. The van der Waals surface area contributed by atoms with Gasteiger partial charge >= 0.3 is 0 Å². The summed E-state index contributed by atoms with van der Waals surface area (Å²) in [6.45, 7) is -0.0703. The molecular weight excluding hydrogens is 164 g/mol. The summed E-state index contributed by atoms with van der Waals surface area (Å²) in [5, 5.41) is 18.5. The molecule has 2 nitrogen and oxygen atoms in total. The van der Waals surface area contributed by atoms with Gasteiger partial charge < -0.3 is 10.2 Å². The molecule has 1 aromatic carbocycles. The van der Waals surface area contributed by atoms with Crippen molar-refractivity contribution in [2.45, 2.75) is 32.3 Å². The minimum Gasteiger partial charge on any atom is -0.508 e. The Morgan fingerprint density at radius 1 is 1.08 bits per heavy atom. The monoisotopic (exact) mass is 178 g/mol. The van der Waals surface area contributed by atoms with Crippen LogP contribution >= 0.6 is 0 Å². The number of fused-ring (bicyclic) bond motifs is 1. The van der Waals surface area contributed by atoms with Crippen molar-refractivity contribution >= 4 is 0 Å². The largest absolute Gasteiger partial charge is 0.508 e. The quantitative estimate of drug-likeness (QED) is 0.688. The molecule has 0 fully saturated rings. The van der Waals surface area contributed by atoms with Crippen LogP contribution in [0.2, 0.25) is 0 Å². The highest BCUT2D eigenvalue weighted by Crippen LogP contribution is 2.28. The van der Waals surface area contributed by atoms with Gasteiger partial charge in [0.05, 0.1) is 6.61 Å². The van der Waals surface area contributed by atoms with Gasteiger partial charge in [-0.15, -0.1) is 0 Å². The van der Waals surface area contributed by atoms with Crippen LogP contribution in [0.5, 0.6) is 5.75 Å². The number of rotatable bonds is 1. The molecule has 2 N–H and O–H groups in total. The highest BCUT2D eigenvalue weighted by Gasteiger charge is 2.12. The SMILES string of the molecule is OCc1cc2c(cc1O)CCCC2. The fraction of sp³-hybridized carbons (Fsp3) is 0.455. The smallest absolute Gasteiger partial charge is 0.121 e. The Morgan fingerprint density at radius 2 is 1.69 bits per heavy atom. The summed E-state index contributed by atoms with van der Waals surface area (Å²) in [5.41, 5.74) is 3.20. The fourth-order valence-corrected chi connectivity index (χ4v) is 1.95. The Balaban J connectivity index is 2.44. The maximum absolute atomic E-state index is 9.51. The van der Waals surface area contributed by atoms with Gasteiger partial charge in [0.25, 0.3) is 0 Å². The van der Waals surface area contributed by atoms with E-state index >= 15 is 0 Å². The number of benzene rings is 1. The van der Waals surface area contributed by atoms with E-state index in [0.717, 1.165) is 12.8 Å². The van der Waals surface area contributed by atoms with Gasteiger partial charge in [-0.3, -0.25) is 0 Å². The minimum atomic E-state index is -0.0703. The molecule has 0 amide bonds. The van der Waals surface area contributed by atoms with E-state index in [0.29, 0.717) is 5.56 Å². The van der Waals surface area contributed by atoms with Crippen LogP contribution < -0.4 is 0 Å². The van der Waals surface area contributed by atoms with Crippen molar-refractivity contribution in [1.82, 2.24) is 0 Å². The van der Waals surface area contributed by atoms with Crippen molar-refractivity contribution in [3.63, 3.8) is 0 Å². The summed E-state index contributed by atoms with van der Waals surface area (Å²) in [7, 11) is 0. The second kappa shape index (κ2) is 3.38. The zero-order chi connectivity index (χ0) is 9.26. The summed E-state index contributed by atoms with van der Waals surface area (Å²) >= 11 is 0. The highest BCUT2D eigenvalue weighted by atomic mass is 16.3. The van der Waals surface area contributed by atoms with Crippen LogP contribution in [-0.2, 0) is 19.4 Å². The molecule has 0 radical (unpaired) electrons. The van der Waals surface area contributed by atoms with Crippen LogP contribution in [0.1, 0.15) is 29.5 Å². The first kappa shape index (κ1) is 8.57. The first-order valence-corrected chi connectivity index (χ1v) is 4.76. The Labute approximate surface area is 77.8 Å². The Kier molecular flexibility index (Phi) is 2.23. The third-order valence-electron chi connectivity index (χ3n) is 2.71. The molecule has 1 aromatic rings. The predicted octanol–water partition coefficient (Wildman–Crippen LogP) is 1.76. The van der Waals surface area contributed by atoms with Gasteiger partial charge in [-0.25, -0.2) is 0 Å². The van der Waals surface area contributed by atoms with Crippen molar-refractivity contribution in [3.8, 4) is 5.75 Å². The van der Waals surface area contributed by atoms with Crippen molar-refractivity contribution < 1.29 is 10.2 Å². The summed E-state index contributed by atoms with van der Waals surface area (Å²) in [5.74, 6) is 0.239. The fourth-order valence-electron chi connectivity index (χ4n) is 1.95. The zero-order valence-corrected chi connectivity index (χ0v) is 7.58. The minimum absolute atomic E-state index is 0.0703. The zero-order valence-electron chi connectivity index (χ0n) is 7.58. The Morgan fingerprint density at radius 3 is 2.31 bits per heavy atom. The van der Waals surface area contributed by atoms with E-state index in [1.165, 1.54) is 24.0 Å². The highest BCUT2D eigenvalue weighted by molar-refractivity contribution is 5.42. The standard InChI is InChI=1S/C11H14O2/c12-7-10-5-8-3-1-2-4-9(8)6-11(10)13/h5-6,12-13H,1-4,7H2. The number of aliphatic hydroxyl groups excluding tert-OH is 1. The molecule has 2 rings (SSSR count). The van der Waals surface area contributed by atoms with Gasteiger partial charge in [0.15, 0.2) is 0 Å². The molecule has 13 heavy (non-hydrogen) atoms. The molecule has 0 aliphatic heterocycles. The molecule has 70 valence electrons. The topological polar surface area (TPSA) is 40.5 Å². The molecule has 0 bridgehead atoms. The van der Waals surface area contributed by atoms with Crippen LogP contribution in [0.3, 0.4) is 0 Å². The second-order valence-electron chi connectivity index (χ2n) is 3.61. The lowest BCUT2D eigenvalue weighted by Gasteiger charge is -2.17. The average molecular weight is 178 g/mol. The summed E-state index contributed by atoms with van der Waals surface area (Å²) in [6, 6.07) is 3.74. The molecule has 1 aliphatic rings. The van der Waals surface area contributed by atoms with Gasteiger partial charge in [-0.2, -0.15) is 0 Å². The first-order valence-electron chi connectivity index (χ1n) is 4.76. The number of phenols is 1. The van der Waals surface area contributed by atoms with Crippen LogP contribution in [-0.4, -0.2) is 10.2 Å². The lowest BCUT2D eigenvalue weighted by Crippen LogP contribution is -2.03. The van der Waals surface area contributed by atoms with Crippen LogP contribution in [0.25, 0.3) is 0 Å². The summed E-state index contributed by atoms with van der Waals surface area (Å²) in [4.78, 5) is 0. The molecular formula is C11H14O2. The van der Waals surface area contributed by atoms with Crippen molar-refractivity contribution in [1.29, 1.82) is 0 Å². The van der Waals surface area contributed by atoms with E-state index in [1.807, 2.05) is 6.07 Å². The van der Waals surface area contributed by atoms with Gasteiger partial charge in [0.1, 0.15) is 5.75 Å². The maximum atomic E-state index is 9.51. The number of aliphatic hydroxyl groups is 1. The third kappa shape index (κ3) is 1.54. The van der Waals surface area contributed by atoms with E-state index in [4.69, 9.17) is 5.11 Å². The molecule has 0 spiro atoms. The average Bonchev–Trinajstić information content (AvgIpc) is 2.17. The van der Waals surface area contributed by atoms with Gasteiger partial charge in [-0.1, -0.05) is 0 Å².